The van der Waals surface area contributed by atoms with Crippen molar-refractivity contribution in [2.75, 3.05) is 13.7 Å². The van der Waals surface area contributed by atoms with Crippen LogP contribution in [0.2, 0.25) is 0 Å². The molecule has 0 saturated carbocycles. The maximum atomic E-state index is 12.6. The summed E-state index contributed by atoms with van der Waals surface area (Å²) in [4.78, 5) is 12.6. The van der Waals surface area contributed by atoms with Gasteiger partial charge in [-0.15, -0.1) is 18.3 Å². The first-order valence-electron chi connectivity index (χ1n) is 11.0. The third-order valence-corrected chi connectivity index (χ3v) is 5.27. The highest BCUT2D eigenvalue weighted by molar-refractivity contribution is 5.94. The van der Waals surface area contributed by atoms with Gasteiger partial charge >= 0.3 is 12.3 Å². The van der Waals surface area contributed by atoms with Crippen LogP contribution in [0.1, 0.15) is 23.0 Å². The lowest BCUT2D eigenvalue weighted by Gasteiger charge is -2.11. The van der Waals surface area contributed by atoms with Gasteiger partial charge in [0.15, 0.2) is 5.69 Å². The first-order valence-corrected chi connectivity index (χ1v) is 11.0. The Kier molecular flexibility index (Phi) is 7.23. The average molecular weight is 497 g/mol. The highest BCUT2D eigenvalue weighted by atomic mass is 19.4. The Hall–Kier alpha value is -4.34. The van der Waals surface area contributed by atoms with Gasteiger partial charge in [-0.05, 0) is 47.9 Å². The molecule has 1 aromatic heterocycles. The van der Waals surface area contributed by atoms with Crippen molar-refractivity contribution in [3.8, 4) is 33.9 Å². The molecule has 1 heterocycles. The van der Waals surface area contributed by atoms with Gasteiger partial charge in [0.25, 0.3) is 0 Å². The molecular formula is C26H22F3N3O4. The van der Waals surface area contributed by atoms with Crippen LogP contribution >= 0.6 is 0 Å². The van der Waals surface area contributed by atoms with Crippen LogP contribution in [0.25, 0.3) is 22.4 Å². The molecule has 0 aliphatic rings. The van der Waals surface area contributed by atoms with E-state index < -0.39 is 12.3 Å². The third-order valence-electron chi connectivity index (χ3n) is 5.27. The highest BCUT2D eigenvalue weighted by Crippen LogP contribution is 2.30. The normalized spacial score (nSPS) is 11.2. The van der Waals surface area contributed by atoms with E-state index in [0.717, 1.165) is 16.9 Å². The van der Waals surface area contributed by atoms with Crippen LogP contribution in [0.5, 0.6) is 11.5 Å². The Morgan fingerprint density at radius 2 is 1.42 bits per heavy atom. The summed E-state index contributed by atoms with van der Waals surface area (Å²) in [6.45, 7) is 2.25. The summed E-state index contributed by atoms with van der Waals surface area (Å²) in [6, 6.07) is 20.2. The second-order valence-corrected chi connectivity index (χ2v) is 7.66. The number of methoxy groups -OCH3 is 1. The van der Waals surface area contributed by atoms with E-state index in [-0.39, 0.29) is 18.1 Å². The van der Waals surface area contributed by atoms with E-state index >= 15 is 0 Å². The first kappa shape index (κ1) is 24.8. The van der Waals surface area contributed by atoms with Gasteiger partial charge in [-0.2, -0.15) is 0 Å². The number of carbonyl (C=O) groups is 1. The monoisotopic (exact) mass is 497 g/mol. The summed E-state index contributed by atoms with van der Waals surface area (Å²) in [5.74, 6) is -0.161. The number of rotatable bonds is 8. The molecule has 0 atom stereocenters. The SMILES string of the molecule is CCOC(=O)c1nnn(Cc2ccc(OC)cc2)c1-c1ccc(-c2ccc(OC(F)(F)F)cc2)cc1. The van der Waals surface area contributed by atoms with Gasteiger partial charge in [0, 0.05) is 5.56 Å². The molecule has 0 bridgehead atoms. The van der Waals surface area contributed by atoms with E-state index in [1.165, 1.54) is 24.3 Å². The molecule has 3 aromatic carbocycles. The van der Waals surface area contributed by atoms with E-state index in [0.29, 0.717) is 23.4 Å². The molecule has 7 nitrogen and oxygen atoms in total. The zero-order valence-electron chi connectivity index (χ0n) is 19.5. The van der Waals surface area contributed by atoms with Gasteiger partial charge < -0.3 is 14.2 Å². The fourth-order valence-corrected chi connectivity index (χ4v) is 3.62. The predicted molar refractivity (Wildman–Crippen MR) is 126 cm³/mol. The number of esters is 1. The summed E-state index contributed by atoms with van der Waals surface area (Å²) in [5, 5.41) is 8.25. The minimum atomic E-state index is -4.75. The molecule has 0 amide bonds. The van der Waals surface area contributed by atoms with E-state index in [1.54, 1.807) is 43.0 Å². The number of hydrogen-bond acceptors (Lipinski definition) is 6. The second kappa shape index (κ2) is 10.5. The van der Waals surface area contributed by atoms with Crippen LogP contribution in [0, 0.1) is 0 Å². The number of alkyl halides is 3. The van der Waals surface area contributed by atoms with E-state index in [1.807, 2.05) is 24.3 Å². The van der Waals surface area contributed by atoms with Gasteiger partial charge in [0.1, 0.15) is 17.2 Å². The number of nitrogens with zero attached hydrogens (tertiary/aromatic N) is 3. The van der Waals surface area contributed by atoms with Crippen molar-refractivity contribution in [2.45, 2.75) is 19.8 Å². The molecule has 0 aliphatic carbocycles. The number of benzene rings is 3. The third kappa shape index (κ3) is 5.83. The number of ether oxygens (including phenoxy) is 3. The lowest BCUT2D eigenvalue weighted by atomic mass is 10.0. The summed E-state index contributed by atoms with van der Waals surface area (Å²) in [6.07, 6.45) is -4.75. The minimum absolute atomic E-state index is 0.0896. The average Bonchev–Trinajstić information content (AvgIpc) is 3.28. The molecule has 0 saturated heterocycles. The standard InChI is InChI=1S/C26H22F3N3O4/c1-3-35-25(33)23-24(32(31-30-23)16-17-4-12-21(34-2)13-5-17)20-8-6-18(7-9-20)19-10-14-22(15-11-19)36-26(27,28)29/h4-15H,3,16H2,1-2H3. The Balaban J connectivity index is 1.64. The molecule has 4 rings (SSSR count). The van der Waals surface area contributed by atoms with Crippen molar-refractivity contribution in [1.82, 2.24) is 15.0 Å². The fraction of sp³-hybridized carbons (Fsp3) is 0.192. The minimum Gasteiger partial charge on any atom is -0.497 e. The van der Waals surface area contributed by atoms with Crippen molar-refractivity contribution in [2.24, 2.45) is 0 Å². The highest BCUT2D eigenvalue weighted by Gasteiger charge is 2.31. The number of aromatic nitrogens is 3. The van der Waals surface area contributed by atoms with Crippen LogP contribution in [0.15, 0.2) is 72.8 Å². The fourth-order valence-electron chi connectivity index (χ4n) is 3.62. The van der Waals surface area contributed by atoms with E-state index in [4.69, 9.17) is 9.47 Å². The van der Waals surface area contributed by atoms with E-state index in [9.17, 15) is 18.0 Å². The predicted octanol–water partition coefficient (Wildman–Crippen LogP) is 5.74. The maximum Gasteiger partial charge on any atom is 0.573 e. The molecule has 0 radical (unpaired) electrons. The largest absolute Gasteiger partial charge is 0.573 e. The Morgan fingerprint density at radius 1 is 0.861 bits per heavy atom. The molecule has 10 heteroatoms. The Bertz CT molecular complexity index is 1320. The molecule has 0 unspecified atom stereocenters. The van der Waals surface area contributed by atoms with Crippen molar-refractivity contribution < 1.29 is 32.2 Å². The molecule has 0 aliphatic heterocycles. The van der Waals surface area contributed by atoms with Crippen molar-refractivity contribution >= 4 is 5.97 Å². The topological polar surface area (TPSA) is 75.5 Å². The lowest BCUT2D eigenvalue weighted by molar-refractivity contribution is -0.274. The van der Waals surface area contributed by atoms with Gasteiger partial charge in [0.05, 0.1) is 20.3 Å². The van der Waals surface area contributed by atoms with Crippen LogP contribution in [0.4, 0.5) is 13.2 Å². The quantitative estimate of drug-likeness (QED) is 0.289. The summed E-state index contributed by atoms with van der Waals surface area (Å²) in [7, 11) is 1.59. The second-order valence-electron chi connectivity index (χ2n) is 7.66. The molecule has 0 N–H and O–H groups in total. The molecule has 36 heavy (non-hydrogen) atoms. The zero-order chi connectivity index (χ0) is 25.7. The molecule has 186 valence electrons. The summed E-state index contributed by atoms with van der Waals surface area (Å²) in [5.41, 5.74) is 3.65. The summed E-state index contributed by atoms with van der Waals surface area (Å²) < 4.78 is 53.1. The molecular weight excluding hydrogens is 475 g/mol. The number of carbonyl (C=O) groups excluding carboxylic acids is 1. The van der Waals surface area contributed by atoms with Crippen LogP contribution in [0.3, 0.4) is 0 Å². The smallest absolute Gasteiger partial charge is 0.497 e. The molecule has 0 spiro atoms. The van der Waals surface area contributed by atoms with Crippen molar-refractivity contribution in [3.63, 3.8) is 0 Å². The maximum absolute atomic E-state index is 12.6. The van der Waals surface area contributed by atoms with E-state index in [2.05, 4.69) is 15.0 Å². The zero-order valence-corrected chi connectivity index (χ0v) is 19.5. The van der Waals surface area contributed by atoms with Gasteiger partial charge in [0.2, 0.25) is 0 Å². The lowest BCUT2D eigenvalue weighted by Crippen LogP contribution is -2.16. The number of halogens is 3. The summed E-state index contributed by atoms with van der Waals surface area (Å²) >= 11 is 0. The van der Waals surface area contributed by atoms with Gasteiger partial charge in [-0.3, -0.25) is 0 Å². The molecule has 4 aromatic rings. The van der Waals surface area contributed by atoms with Crippen LogP contribution in [-0.2, 0) is 11.3 Å². The Labute approximate surface area is 205 Å². The van der Waals surface area contributed by atoms with Crippen LogP contribution < -0.4 is 9.47 Å². The number of hydrogen-bond donors (Lipinski definition) is 0. The first-order chi connectivity index (χ1) is 17.3. The molecule has 0 fully saturated rings. The van der Waals surface area contributed by atoms with Crippen LogP contribution in [-0.4, -0.2) is 41.0 Å². The van der Waals surface area contributed by atoms with Crippen molar-refractivity contribution in [1.29, 1.82) is 0 Å². The van der Waals surface area contributed by atoms with Gasteiger partial charge in [-0.1, -0.05) is 53.7 Å². The van der Waals surface area contributed by atoms with Crippen molar-refractivity contribution in [3.05, 3.63) is 84.1 Å². The van der Waals surface area contributed by atoms with Gasteiger partial charge in [-0.25, -0.2) is 9.48 Å². The Morgan fingerprint density at radius 3 is 1.97 bits per heavy atom.